The highest BCUT2D eigenvalue weighted by molar-refractivity contribution is 6.51. The molecule has 0 atom stereocenters. The van der Waals surface area contributed by atoms with Gasteiger partial charge < -0.3 is 4.65 Å². The highest BCUT2D eigenvalue weighted by atomic mass is 16.4. The Morgan fingerprint density at radius 1 is 1.12 bits per heavy atom. The summed E-state index contributed by atoms with van der Waals surface area (Å²) in [6, 6.07) is 0. The molecule has 46 valence electrons. The van der Waals surface area contributed by atoms with Crippen molar-refractivity contribution in [3.05, 3.63) is 0 Å². The van der Waals surface area contributed by atoms with Gasteiger partial charge in [0.05, 0.1) is 0 Å². The summed E-state index contributed by atoms with van der Waals surface area (Å²) in [7, 11) is 1.82. The van der Waals surface area contributed by atoms with Crippen molar-refractivity contribution < 1.29 is 4.65 Å². The minimum Gasteiger partial charge on any atom is -0.439 e. The van der Waals surface area contributed by atoms with E-state index in [1.54, 1.807) is 0 Å². The molecular weight excluding hydrogens is 98.9 g/mol. The SMILES string of the molecule is COB1CCCCC1. The zero-order chi connectivity index (χ0) is 5.82. The number of rotatable bonds is 1. The Bertz CT molecular complexity index is 59.5. The maximum atomic E-state index is 5.19. The van der Waals surface area contributed by atoms with Crippen LogP contribution in [0.3, 0.4) is 0 Å². The van der Waals surface area contributed by atoms with E-state index in [4.69, 9.17) is 4.65 Å². The van der Waals surface area contributed by atoms with E-state index in [2.05, 4.69) is 0 Å². The Balaban J connectivity index is 2.13. The van der Waals surface area contributed by atoms with Crippen LogP contribution in [0.2, 0.25) is 12.6 Å². The molecule has 1 rings (SSSR count). The monoisotopic (exact) mass is 112 g/mol. The Hall–Kier alpha value is 0.0249. The Morgan fingerprint density at radius 3 is 2.12 bits per heavy atom. The summed E-state index contributed by atoms with van der Waals surface area (Å²) in [5.41, 5.74) is 0. The molecule has 1 nitrogen and oxygen atoms in total. The highest BCUT2D eigenvalue weighted by Gasteiger charge is 2.16. The van der Waals surface area contributed by atoms with Gasteiger partial charge in [0.15, 0.2) is 0 Å². The predicted molar refractivity (Wildman–Crippen MR) is 36.2 cm³/mol. The molecule has 0 amide bonds. The summed E-state index contributed by atoms with van der Waals surface area (Å²) >= 11 is 0. The lowest BCUT2D eigenvalue weighted by atomic mass is 9.56. The molecule has 0 aromatic heterocycles. The molecule has 0 aromatic carbocycles. The van der Waals surface area contributed by atoms with E-state index in [0.717, 1.165) is 0 Å². The first-order chi connectivity index (χ1) is 3.93. The van der Waals surface area contributed by atoms with Crippen LogP contribution in [-0.4, -0.2) is 14.0 Å². The molecule has 0 radical (unpaired) electrons. The zero-order valence-electron chi connectivity index (χ0n) is 5.52. The molecule has 0 unspecified atom stereocenters. The van der Waals surface area contributed by atoms with Crippen molar-refractivity contribution in [1.82, 2.24) is 0 Å². The lowest BCUT2D eigenvalue weighted by Gasteiger charge is -2.15. The van der Waals surface area contributed by atoms with Gasteiger partial charge in [-0.15, -0.1) is 0 Å². The Labute approximate surface area is 51.5 Å². The van der Waals surface area contributed by atoms with Crippen molar-refractivity contribution in [3.63, 3.8) is 0 Å². The summed E-state index contributed by atoms with van der Waals surface area (Å²) in [5, 5.41) is 0. The molecule has 1 fully saturated rings. The van der Waals surface area contributed by atoms with Gasteiger partial charge in [-0.05, 0) is 12.6 Å². The highest BCUT2D eigenvalue weighted by Crippen LogP contribution is 2.18. The number of hydrogen-bond donors (Lipinski definition) is 0. The molecule has 8 heavy (non-hydrogen) atoms. The van der Waals surface area contributed by atoms with E-state index < -0.39 is 0 Å². The van der Waals surface area contributed by atoms with Crippen molar-refractivity contribution in [1.29, 1.82) is 0 Å². The van der Waals surface area contributed by atoms with Crippen LogP contribution >= 0.6 is 0 Å². The normalized spacial score (nSPS) is 21.4. The predicted octanol–water partition coefficient (Wildman–Crippen LogP) is 1.81. The zero-order valence-corrected chi connectivity index (χ0v) is 5.52. The third-order valence-corrected chi connectivity index (χ3v) is 1.89. The van der Waals surface area contributed by atoms with Crippen LogP contribution in [0.15, 0.2) is 0 Å². The second-order valence-corrected chi connectivity index (χ2v) is 2.50. The van der Waals surface area contributed by atoms with Gasteiger partial charge in [-0.25, -0.2) is 0 Å². The first-order valence-electron chi connectivity index (χ1n) is 3.46. The minimum absolute atomic E-state index is 0.587. The third-order valence-electron chi connectivity index (χ3n) is 1.89. The quantitative estimate of drug-likeness (QED) is 0.470. The summed E-state index contributed by atoms with van der Waals surface area (Å²) in [6.45, 7) is 0.587. The largest absolute Gasteiger partial charge is 0.439 e. The topological polar surface area (TPSA) is 9.23 Å². The molecule has 1 heterocycles. The molecule has 0 aliphatic carbocycles. The van der Waals surface area contributed by atoms with Crippen molar-refractivity contribution >= 4 is 6.92 Å². The fourth-order valence-electron chi connectivity index (χ4n) is 1.30. The van der Waals surface area contributed by atoms with E-state index in [0.29, 0.717) is 6.92 Å². The fraction of sp³-hybridized carbons (Fsp3) is 1.00. The fourth-order valence-corrected chi connectivity index (χ4v) is 1.30. The summed E-state index contributed by atoms with van der Waals surface area (Å²) in [5.74, 6) is 0. The van der Waals surface area contributed by atoms with Crippen molar-refractivity contribution in [2.45, 2.75) is 31.9 Å². The third kappa shape index (κ3) is 1.51. The second kappa shape index (κ2) is 3.13. The van der Waals surface area contributed by atoms with Crippen LogP contribution in [0.5, 0.6) is 0 Å². The van der Waals surface area contributed by atoms with Crippen molar-refractivity contribution in [2.24, 2.45) is 0 Å². The van der Waals surface area contributed by atoms with Crippen LogP contribution in [0.4, 0.5) is 0 Å². The molecule has 0 spiro atoms. The molecule has 1 aliphatic heterocycles. The van der Waals surface area contributed by atoms with Crippen molar-refractivity contribution in [3.8, 4) is 0 Å². The first-order valence-corrected chi connectivity index (χ1v) is 3.46. The Morgan fingerprint density at radius 2 is 1.75 bits per heavy atom. The lowest BCUT2D eigenvalue weighted by Crippen LogP contribution is -2.18. The van der Waals surface area contributed by atoms with E-state index in [1.165, 1.54) is 31.9 Å². The molecule has 1 saturated heterocycles. The molecule has 2 heteroatoms. The Kier molecular flexibility index (Phi) is 2.41. The summed E-state index contributed by atoms with van der Waals surface area (Å²) in [6.07, 6.45) is 6.74. The standard InChI is InChI=1S/C6H13BO/c1-8-7-5-3-2-4-6-7/h2-6H2,1H3. The number of hydrogen-bond acceptors (Lipinski definition) is 1. The lowest BCUT2D eigenvalue weighted by molar-refractivity contribution is 0.405. The maximum Gasteiger partial charge on any atom is 0.292 e. The average molecular weight is 112 g/mol. The summed E-state index contributed by atoms with van der Waals surface area (Å²) < 4.78 is 5.19. The molecule has 1 aliphatic rings. The van der Waals surface area contributed by atoms with E-state index in [-0.39, 0.29) is 0 Å². The van der Waals surface area contributed by atoms with Gasteiger partial charge >= 0.3 is 0 Å². The van der Waals surface area contributed by atoms with Gasteiger partial charge in [0.1, 0.15) is 0 Å². The van der Waals surface area contributed by atoms with Crippen LogP contribution < -0.4 is 0 Å². The smallest absolute Gasteiger partial charge is 0.292 e. The molecule has 0 N–H and O–H groups in total. The van der Waals surface area contributed by atoms with Crippen LogP contribution in [-0.2, 0) is 4.65 Å². The van der Waals surface area contributed by atoms with Gasteiger partial charge in [0.25, 0.3) is 6.92 Å². The van der Waals surface area contributed by atoms with Crippen LogP contribution in [0, 0.1) is 0 Å². The summed E-state index contributed by atoms with van der Waals surface area (Å²) in [4.78, 5) is 0. The maximum absolute atomic E-state index is 5.19. The second-order valence-electron chi connectivity index (χ2n) is 2.50. The molecule has 0 aromatic rings. The average Bonchev–Trinajstić information content (AvgIpc) is 1.90. The molecular formula is C6H13BO. The van der Waals surface area contributed by atoms with E-state index >= 15 is 0 Å². The van der Waals surface area contributed by atoms with Crippen LogP contribution in [0.25, 0.3) is 0 Å². The van der Waals surface area contributed by atoms with Crippen molar-refractivity contribution in [2.75, 3.05) is 7.11 Å². The minimum atomic E-state index is 0.587. The first kappa shape index (κ1) is 6.15. The van der Waals surface area contributed by atoms with E-state index in [9.17, 15) is 0 Å². The van der Waals surface area contributed by atoms with Gasteiger partial charge in [-0.3, -0.25) is 0 Å². The van der Waals surface area contributed by atoms with Gasteiger partial charge in [-0.2, -0.15) is 0 Å². The molecule has 0 saturated carbocycles. The van der Waals surface area contributed by atoms with Crippen LogP contribution in [0.1, 0.15) is 19.3 Å². The van der Waals surface area contributed by atoms with Gasteiger partial charge in [0, 0.05) is 7.11 Å². The van der Waals surface area contributed by atoms with E-state index in [1.807, 2.05) is 7.11 Å². The van der Waals surface area contributed by atoms with Gasteiger partial charge in [-0.1, -0.05) is 19.3 Å². The molecule has 0 bridgehead atoms. The van der Waals surface area contributed by atoms with Gasteiger partial charge in [0.2, 0.25) is 0 Å².